The smallest absolute Gasteiger partial charge is 0.359 e. The first-order valence-electron chi connectivity index (χ1n) is 7.50. The van der Waals surface area contributed by atoms with E-state index in [0.717, 1.165) is 5.56 Å². The summed E-state index contributed by atoms with van der Waals surface area (Å²) in [6.45, 7) is 1.55. The maximum absolute atomic E-state index is 12.3. The second-order valence-corrected chi connectivity index (χ2v) is 8.00. The van der Waals surface area contributed by atoms with Crippen molar-refractivity contribution in [3.63, 3.8) is 0 Å². The molecule has 1 saturated carbocycles. The Labute approximate surface area is 135 Å². The molecule has 1 unspecified atom stereocenters. The van der Waals surface area contributed by atoms with E-state index in [0.29, 0.717) is 11.5 Å². The molecule has 1 fully saturated rings. The van der Waals surface area contributed by atoms with E-state index in [2.05, 4.69) is 4.98 Å². The molecule has 1 aliphatic rings. The third-order valence-corrected chi connectivity index (χ3v) is 5.86. The van der Waals surface area contributed by atoms with E-state index >= 15 is 0 Å². The Bertz CT molecular complexity index is 797. The van der Waals surface area contributed by atoms with Gasteiger partial charge in [-0.1, -0.05) is 28.5 Å². The minimum absolute atomic E-state index is 0.0565. The summed E-state index contributed by atoms with van der Waals surface area (Å²) in [5.41, 5.74) is 2.43. The van der Waals surface area contributed by atoms with Crippen LogP contribution < -0.4 is 0 Å². The number of hydrogen-bond donors (Lipinski definition) is 2. The van der Waals surface area contributed by atoms with Gasteiger partial charge in [0, 0.05) is 17.8 Å². The number of nitrogens with zero attached hydrogens (tertiary/aromatic N) is 1. The number of rotatable bonds is 5. The van der Waals surface area contributed by atoms with E-state index in [4.69, 9.17) is 0 Å². The lowest BCUT2D eigenvalue weighted by Crippen LogP contribution is -2.18. The van der Waals surface area contributed by atoms with Gasteiger partial charge in [-0.2, -0.15) is 4.55 Å². The third kappa shape index (κ3) is 3.18. The van der Waals surface area contributed by atoms with Crippen LogP contribution in [0.15, 0.2) is 41.4 Å². The van der Waals surface area contributed by atoms with Crippen LogP contribution in [0.4, 0.5) is 0 Å². The molecule has 0 amide bonds. The first-order chi connectivity index (χ1) is 10.9. The summed E-state index contributed by atoms with van der Waals surface area (Å²) >= 11 is 0. The van der Waals surface area contributed by atoms with Crippen LogP contribution in [0.25, 0.3) is 11.1 Å². The first-order valence-corrected chi connectivity index (χ1v) is 9.19. The molecule has 0 radical (unpaired) electrons. The topological polar surface area (TPSA) is 87.5 Å². The van der Waals surface area contributed by atoms with Gasteiger partial charge in [-0.05, 0) is 36.8 Å². The molecule has 5 nitrogen and oxygen atoms in total. The molecule has 0 spiro atoms. The molecule has 0 bridgehead atoms. The van der Waals surface area contributed by atoms with Crippen LogP contribution in [0.3, 0.4) is 0 Å². The quantitative estimate of drug-likeness (QED) is 0.816. The summed E-state index contributed by atoms with van der Waals surface area (Å²) in [5, 5.41) is 9.19. The van der Waals surface area contributed by atoms with Crippen molar-refractivity contribution in [3.8, 4) is 11.1 Å². The minimum atomic E-state index is -3.41. The highest BCUT2D eigenvalue weighted by Crippen LogP contribution is 2.40. The lowest BCUT2D eigenvalue weighted by Gasteiger charge is -2.08. The van der Waals surface area contributed by atoms with Gasteiger partial charge in [0.2, 0.25) is 20.8 Å². The Morgan fingerprint density at radius 3 is 2.43 bits per heavy atom. The second kappa shape index (κ2) is 5.86. The summed E-state index contributed by atoms with van der Waals surface area (Å²) in [5.74, 6) is -0.701. The van der Waals surface area contributed by atoms with E-state index in [1.54, 1.807) is 6.92 Å². The largest absolute Gasteiger partial charge is 0.476 e. The summed E-state index contributed by atoms with van der Waals surface area (Å²) in [4.78, 5) is 15.0. The van der Waals surface area contributed by atoms with Crippen LogP contribution in [0, 0.1) is 0 Å². The molecule has 0 aliphatic heterocycles. The molecule has 2 N–H and O–H groups in total. The lowest BCUT2D eigenvalue weighted by atomic mass is 10.0. The molecule has 1 aromatic carbocycles. The van der Waals surface area contributed by atoms with Crippen molar-refractivity contribution in [3.05, 3.63) is 47.8 Å². The maximum atomic E-state index is 12.3. The van der Waals surface area contributed by atoms with Crippen molar-refractivity contribution >= 4 is 16.2 Å². The van der Waals surface area contributed by atoms with Gasteiger partial charge >= 0.3 is 5.97 Å². The van der Waals surface area contributed by atoms with Crippen LogP contribution in [-0.2, 0) is 14.4 Å². The number of aromatic nitrogens is 1. The summed E-state index contributed by atoms with van der Waals surface area (Å²) in [7, 11) is -3.41. The van der Waals surface area contributed by atoms with Crippen molar-refractivity contribution in [2.45, 2.75) is 30.6 Å². The van der Waals surface area contributed by atoms with Gasteiger partial charge in [-0.25, -0.2) is 9.78 Å². The van der Waals surface area contributed by atoms with Gasteiger partial charge < -0.3 is 5.11 Å². The minimum Gasteiger partial charge on any atom is -0.476 e. The number of pyridine rings is 1. The monoisotopic (exact) mass is 332 g/mol. The fraction of sp³-hybridized carbons (Fsp3) is 0.294. The molecule has 1 heterocycles. The molecule has 3 rings (SSSR count). The Kier molecular flexibility index (Phi) is 4.04. The predicted molar refractivity (Wildman–Crippen MR) is 88.1 cm³/mol. The fourth-order valence-electron chi connectivity index (χ4n) is 2.53. The van der Waals surface area contributed by atoms with E-state index < -0.39 is 16.2 Å². The average molecular weight is 332 g/mol. The zero-order valence-corrected chi connectivity index (χ0v) is 13.5. The molecule has 2 aromatic rings. The van der Waals surface area contributed by atoms with Crippen molar-refractivity contribution in [2.24, 2.45) is 0 Å². The first kappa shape index (κ1) is 15.8. The third-order valence-electron chi connectivity index (χ3n) is 4.08. The van der Waals surface area contributed by atoms with E-state index in [9.17, 15) is 18.7 Å². The SMILES string of the molecule is CC[S+](=O)(O)c1cc(-c2ccc(C3CC3)cc2)cnc1C(=O)O. The van der Waals surface area contributed by atoms with Crippen molar-refractivity contribution in [1.82, 2.24) is 4.98 Å². The number of carboxylic acids is 1. The lowest BCUT2D eigenvalue weighted by molar-refractivity contribution is 0.0685. The zero-order chi connectivity index (χ0) is 16.6. The van der Waals surface area contributed by atoms with Gasteiger partial charge in [0.05, 0.1) is 0 Å². The molecule has 1 atom stereocenters. The van der Waals surface area contributed by atoms with Gasteiger partial charge in [0.1, 0.15) is 5.75 Å². The predicted octanol–water partition coefficient (Wildman–Crippen LogP) is 3.68. The molecule has 6 heteroatoms. The van der Waals surface area contributed by atoms with E-state index in [-0.39, 0.29) is 16.3 Å². The maximum Gasteiger partial charge on any atom is 0.359 e. The Morgan fingerprint density at radius 2 is 1.91 bits per heavy atom. The molecule has 1 aliphatic carbocycles. The highest BCUT2D eigenvalue weighted by molar-refractivity contribution is 7.97. The molecular weight excluding hydrogens is 314 g/mol. The summed E-state index contributed by atoms with van der Waals surface area (Å²) in [6.07, 6.45) is 3.88. The zero-order valence-electron chi connectivity index (χ0n) is 12.7. The van der Waals surface area contributed by atoms with Crippen molar-refractivity contribution in [1.29, 1.82) is 0 Å². The molecule has 0 saturated heterocycles. The van der Waals surface area contributed by atoms with Gasteiger partial charge in [0.15, 0.2) is 0 Å². The Morgan fingerprint density at radius 1 is 1.26 bits per heavy atom. The number of carboxylic acid groups (broad SMARTS) is 1. The van der Waals surface area contributed by atoms with Crippen LogP contribution in [-0.4, -0.2) is 26.4 Å². The van der Waals surface area contributed by atoms with Gasteiger partial charge in [-0.15, -0.1) is 0 Å². The normalized spacial score (nSPS) is 16.8. The second-order valence-electron chi connectivity index (χ2n) is 5.70. The standard InChI is InChI=1S/C17H17NO4S/c1-2-23(21,22)15-9-14(10-18-16(15)17(19)20)13-7-5-12(6-8-13)11-3-4-11/h5-11H,2-4H2,1H3,(H-,19,20,21,22)/p+1. The van der Waals surface area contributed by atoms with E-state index in [1.807, 2.05) is 24.3 Å². The number of hydrogen-bond acceptors (Lipinski definition) is 3. The Balaban J connectivity index is 2.04. The van der Waals surface area contributed by atoms with Crippen LogP contribution in [0.5, 0.6) is 0 Å². The molecular formula is C17H18NO4S+. The number of benzene rings is 1. The van der Waals surface area contributed by atoms with Gasteiger partial charge in [0.25, 0.3) is 0 Å². The highest BCUT2D eigenvalue weighted by Gasteiger charge is 2.34. The van der Waals surface area contributed by atoms with E-state index in [1.165, 1.54) is 30.7 Å². The molecule has 23 heavy (non-hydrogen) atoms. The van der Waals surface area contributed by atoms with Crippen molar-refractivity contribution in [2.75, 3.05) is 5.75 Å². The van der Waals surface area contributed by atoms with Crippen LogP contribution in [0.1, 0.15) is 41.7 Å². The molecule has 1 aromatic heterocycles. The Hall–Kier alpha value is -2.05. The van der Waals surface area contributed by atoms with Crippen molar-refractivity contribution < 1.29 is 18.7 Å². The highest BCUT2D eigenvalue weighted by atomic mass is 32.3. The number of aromatic carboxylic acids is 1. The van der Waals surface area contributed by atoms with Crippen LogP contribution >= 0.6 is 0 Å². The fourth-order valence-corrected chi connectivity index (χ4v) is 3.59. The molecule has 120 valence electrons. The summed E-state index contributed by atoms with van der Waals surface area (Å²) in [6, 6.07) is 9.45. The number of carbonyl (C=O) groups is 1. The van der Waals surface area contributed by atoms with Crippen LogP contribution in [0.2, 0.25) is 0 Å². The summed E-state index contributed by atoms with van der Waals surface area (Å²) < 4.78 is 22.3. The average Bonchev–Trinajstić information content (AvgIpc) is 3.39. The van der Waals surface area contributed by atoms with Gasteiger partial charge in [-0.3, -0.25) is 0 Å².